The van der Waals surface area contributed by atoms with Gasteiger partial charge in [-0.2, -0.15) is 0 Å². The van der Waals surface area contributed by atoms with Crippen molar-refractivity contribution in [3.05, 3.63) is 0 Å². The number of terminal acetylenes is 1. The predicted octanol–water partition coefficient (Wildman–Crippen LogP) is -0.338. The molecule has 0 aliphatic heterocycles. The molecule has 0 spiro atoms. The monoisotopic (exact) mass is 188 g/mol. The van der Waals surface area contributed by atoms with Crippen molar-refractivity contribution < 1.29 is 19.3 Å². The second kappa shape index (κ2) is 11.4. The lowest BCUT2D eigenvalue weighted by Gasteiger charge is -2.04. The van der Waals surface area contributed by atoms with Gasteiger partial charge in [0.25, 0.3) is 0 Å². The summed E-state index contributed by atoms with van der Waals surface area (Å²) in [6, 6.07) is 0. The van der Waals surface area contributed by atoms with Crippen LogP contribution in [0.2, 0.25) is 0 Å². The maximum Gasteiger partial charge on any atom is 0.107 e. The van der Waals surface area contributed by atoms with E-state index in [4.69, 9.17) is 25.7 Å². The molecule has 0 amide bonds. The van der Waals surface area contributed by atoms with E-state index in [1.165, 1.54) is 0 Å². The zero-order valence-electron chi connectivity index (χ0n) is 7.70. The quantitative estimate of drug-likeness (QED) is 0.397. The lowest BCUT2D eigenvalue weighted by Crippen LogP contribution is -2.10. The molecule has 0 radical (unpaired) electrons. The Morgan fingerprint density at radius 2 is 1.46 bits per heavy atom. The second-order valence-electron chi connectivity index (χ2n) is 2.21. The van der Waals surface area contributed by atoms with E-state index in [1.54, 1.807) is 0 Å². The SMILES string of the molecule is C#CCOCCOCCOCCO. The highest BCUT2D eigenvalue weighted by Crippen LogP contribution is 1.80. The van der Waals surface area contributed by atoms with Crippen molar-refractivity contribution in [2.24, 2.45) is 0 Å². The molecule has 0 aromatic heterocycles. The van der Waals surface area contributed by atoms with E-state index < -0.39 is 0 Å². The van der Waals surface area contributed by atoms with E-state index in [2.05, 4.69) is 5.92 Å². The van der Waals surface area contributed by atoms with Crippen molar-refractivity contribution >= 4 is 0 Å². The highest BCUT2D eigenvalue weighted by molar-refractivity contribution is 4.82. The lowest BCUT2D eigenvalue weighted by atomic mass is 10.7. The minimum Gasteiger partial charge on any atom is -0.394 e. The number of ether oxygens (including phenoxy) is 3. The maximum atomic E-state index is 8.36. The van der Waals surface area contributed by atoms with Crippen LogP contribution in [0.15, 0.2) is 0 Å². The van der Waals surface area contributed by atoms with Crippen LogP contribution in [0, 0.1) is 12.3 Å². The fourth-order valence-electron chi connectivity index (χ4n) is 0.635. The first-order valence-electron chi connectivity index (χ1n) is 4.19. The van der Waals surface area contributed by atoms with Crippen LogP contribution in [0.4, 0.5) is 0 Å². The molecule has 4 heteroatoms. The van der Waals surface area contributed by atoms with Gasteiger partial charge in [-0.15, -0.1) is 6.42 Å². The van der Waals surface area contributed by atoms with Gasteiger partial charge < -0.3 is 19.3 Å². The molecule has 0 unspecified atom stereocenters. The summed E-state index contributed by atoms with van der Waals surface area (Å²) in [5.41, 5.74) is 0. The molecule has 0 fully saturated rings. The van der Waals surface area contributed by atoms with Crippen LogP contribution in [0.3, 0.4) is 0 Å². The summed E-state index contributed by atoms with van der Waals surface area (Å²) in [4.78, 5) is 0. The van der Waals surface area contributed by atoms with Gasteiger partial charge in [0.1, 0.15) is 6.61 Å². The van der Waals surface area contributed by atoms with Crippen molar-refractivity contribution in [1.82, 2.24) is 0 Å². The molecule has 0 aliphatic carbocycles. The zero-order valence-corrected chi connectivity index (χ0v) is 7.70. The van der Waals surface area contributed by atoms with Gasteiger partial charge in [0.15, 0.2) is 0 Å². The molecule has 0 aliphatic rings. The summed E-state index contributed by atoms with van der Waals surface area (Å²) in [7, 11) is 0. The van der Waals surface area contributed by atoms with Gasteiger partial charge in [0, 0.05) is 0 Å². The summed E-state index contributed by atoms with van der Waals surface area (Å²) in [5, 5.41) is 8.36. The number of rotatable bonds is 9. The van der Waals surface area contributed by atoms with Crippen LogP contribution < -0.4 is 0 Å². The Labute approximate surface area is 78.8 Å². The fraction of sp³-hybridized carbons (Fsp3) is 0.778. The summed E-state index contributed by atoms with van der Waals surface area (Å²) >= 11 is 0. The van der Waals surface area contributed by atoms with Crippen LogP contribution in [-0.2, 0) is 14.2 Å². The highest BCUT2D eigenvalue weighted by Gasteiger charge is 1.89. The van der Waals surface area contributed by atoms with Gasteiger partial charge in [-0.3, -0.25) is 0 Å². The van der Waals surface area contributed by atoms with E-state index in [0.29, 0.717) is 39.6 Å². The van der Waals surface area contributed by atoms with E-state index in [1.807, 2.05) is 0 Å². The van der Waals surface area contributed by atoms with Crippen molar-refractivity contribution in [3.63, 3.8) is 0 Å². The first-order chi connectivity index (χ1) is 6.41. The molecule has 76 valence electrons. The Balaban J connectivity index is 2.80. The number of aliphatic hydroxyl groups excluding tert-OH is 1. The summed E-state index contributed by atoms with van der Waals surface area (Å²) in [5.74, 6) is 2.36. The fourth-order valence-corrected chi connectivity index (χ4v) is 0.635. The van der Waals surface area contributed by atoms with Gasteiger partial charge in [-0.1, -0.05) is 5.92 Å². The zero-order chi connectivity index (χ0) is 9.78. The molecule has 13 heavy (non-hydrogen) atoms. The Hall–Kier alpha value is -0.600. The van der Waals surface area contributed by atoms with Crippen LogP contribution in [0.5, 0.6) is 0 Å². The van der Waals surface area contributed by atoms with Crippen molar-refractivity contribution in [2.45, 2.75) is 0 Å². The Morgan fingerprint density at radius 1 is 0.923 bits per heavy atom. The number of hydrogen-bond acceptors (Lipinski definition) is 4. The molecule has 0 saturated heterocycles. The van der Waals surface area contributed by atoms with Gasteiger partial charge in [0.2, 0.25) is 0 Å². The molecule has 4 nitrogen and oxygen atoms in total. The highest BCUT2D eigenvalue weighted by atomic mass is 16.5. The third-order valence-corrected chi connectivity index (χ3v) is 1.17. The Kier molecular flexibility index (Phi) is 10.9. The third-order valence-electron chi connectivity index (χ3n) is 1.17. The summed E-state index contributed by atoms with van der Waals surface area (Å²) in [6.45, 7) is 2.76. The third kappa shape index (κ3) is 11.4. The van der Waals surface area contributed by atoms with Crippen LogP contribution >= 0.6 is 0 Å². The smallest absolute Gasteiger partial charge is 0.107 e. The van der Waals surface area contributed by atoms with Crippen molar-refractivity contribution in [1.29, 1.82) is 0 Å². The number of aliphatic hydroxyl groups is 1. The first-order valence-corrected chi connectivity index (χ1v) is 4.19. The maximum absolute atomic E-state index is 8.36. The average Bonchev–Trinajstić information content (AvgIpc) is 2.16. The van der Waals surface area contributed by atoms with E-state index in [0.717, 1.165) is 0 Å². The van der Waals surface area contributed by atoms with Gasteiger partial charge in [-0.25, -0.2) is 0 Å². The molecule has 0 rings (SSSR count). The summed E-state index contributed by atoms with van der Waals surface area (Å²) < 4.78 is 15.1. The molecular formula is C9H16O4. The molecule has 0 aromatic rings. The van der Waals surface area contributed by atoms with Crippen LogP contribution in [0.1, 0.15) is 0 Å². The minimum atomic E-state index is 0.0469. The van der Waals surface area contributed by atoms with Crippen molar-refractivity contribution in [3.8, 4) is 12.3 Å². The van der Waals surface area contributed by atoms with Crippen LogP contribution in [-0.4, -0.2) is 51.4 Å². The minimum absolute atomic E-state index is 0.0469. The van der Waals surface area contributed by atoms with Gasteiger partial charge >= 0.3 is 0 Å². The first kappa shape index (κ1) is 12.4. The molecule has 0 bridgehead atoms. The summed E-state index contributed by atoms with van der Waals surface area (Å²) in [6.07, 6.45) is 4.96. The predicted molar refractivity (Wildman–Crippen MR) is 48.4 cm³/mol. The largest absolute Gasteiger partial charge is 0.394 e. The Bertz CT molecular complexity index is 130. The molecule has 0 aromatic carbocycles. The average molecular weight is 188 g/mol. The topological polar surface area (TPSA) is 47.9 Å². The lowest BCUT2D eigenvalue weighted by molar-refractivity contribution is 0.0123. The normalized spacial score (nSPS) is 9.85. The van der Waals surface area contributed by atoms with Gasteiger partial charge in [-0.05, 0) is 0 Å². The van der Waals surface area contributed by atoms with E-state index in [-0.39, 0.29) is 6.61 Å². The molecule has 0 heterocycles. The molecule has 0 saturated carbocycles. The second-order valence-corrected chi connectivity index (χ2v) is 2.21. The van der Waals surface area contributed by atoms with E-state index in [9.17, 15) is 0 Å². The molecule has 1 N–H and O–H groups in total. The Morgan fingerprint density at radius 3 is 2.00 bits per heavy atom. The van der Waals surface area contributed by atoms with E-state index >= 15 is 0 Å². The number of hydrogen-bond donors (Lipinski definition) is 1. The molecular weight excluding hydrogens is 172 g/mol. The van der Waals surface area contributed by atoms with Gasteiger partial charge in [0.05, 0.1) is 39.6 Å². The standard InChI is InChI=1S/C9H16O4/c1-2-4-11-6-8-13-9-7-12-5-3-10/h1,10H,3-9H2. The molecule has 0 atom stereocenters. The van der Waals surface area contributed by atoms with Crippen LogP contribution in [0.25, 0.3) is 0 Å². The van der Waals surface area contributed by atoms with Crippen molar-refractivity contribution in [2.75, 3.05) is 46.2 Å².